The van der Waals surface area contributed by atoms with E-state index in [2.05, 4.69) is 33.8 Å². The second kappa shape index (κ2) is 10.7. The number of benzene rings is 1. The van der Waals surface area contributed by atoms with Crippen LogP contribution < -0.4 is 15.0 Å². The SMILES string of the molecule is CCCCn1c(=O)c(OC/C=C(\C)CCC=C(C)C)c(OC)c2ccc(O)cc21. The fourth-order valence-electron chi connectivity index (χ4n) is 3.21. The molecular formula is C24H33NO4. The molecule has 2 rings (SSSR count). The Labute approximate surface area is 173 Å². The van der Waals surface area contributed by atoms with Crippen LogP contribution in [0.25, 0.3) is 10.9 Å². The first kappa shape index (κ1) is 22.6. The predicted molar refractivity (Wildman–Crippen MR) is 119 cm³/mol. The van der Waals surface area contributed by atoms with Crippen LogP contribution in [0.4, 0.5) is 0 Å². The van der Waals surface area contributed by atoms with Gasteiger partial charge in [-0.2, -0.15) is 0 Å². The second-order valence-corrected chi connectivity index (χ2v) is 7.56. The number of ether oxygens (including phenoxy) is 2. The van der Waals surface area contributed by atoms with E-state index in [1.54, 1.807) is 22.8 Å². The number of nitrogens with zero attached hydrogens (tertiary/aromatic N) is 1. The van der Waals surface area contributed by atoms with Crippen LogP contribution in [0.1, 0.15) is 53.4 Å². The van der Waals surface area contributed by atoms with Gasteiger partial charge in [-0.05, 0) is 58.2 Å². The minimum Gasteiger partial charge on any atom is -0.508 e. The monoisotopic (exact) mass is 399 g/mol. The van der Waals surface area contributed by atoms with Crippen LogP contribution in [-0.4, -0.2) is 23.4 Å². The van der Waals surface area contributed by atoms with Crippen molar-refractivity contribution in [2.75, 3.05) is 13.7 Å². The molecule has 0 saturated carbocycles. The molecule has 0 saturated heterocycles. The Kier molecular flexibility index (Phi) is 8.37. The largest absolute Gasteiger partial charge is 0.508 e. The van der Waals surface area contributed by atoms with Crippen LogP contribution in [0.5, 0.6) is 17.2 Å². The van der Waals surface area contributed by atoms with Crippen molar-refractivity contribution in [2.45, 2.75) is 59.9 Å². The number of pyridine rings is 1. The van der Waals surface area contributed by atoms with Crippen LogP contribution in [0.2, 0.25) is 0 Å². The van der Waals surface area contributed by atoms with E-state index in [0.717, 1.165) is 31.1 Å². The van der Waals surface area contributed by atoms with Gasteiger partial charge in [0, 0.05) is 18.0 Å². The third kappa shape index (κ3) is 5.89. The average Bonchev–Trinajstić information content (AvgIpc) is 2.67. The highest BCUT2D eigenvalue weighted by atomic mass is 16.5. The highest BCUT2D eigenvalue weighted by Gasteiger charge is 2.19. The van der Waals surface area contributed by atoms with Gasteiger partial charge >= 0.3 is 0 Å². The number of hydrogen-bond acceptors (Lipinski definition) is 4. The standard InChI is InChI=1S/C24H33NO4/c1-6-7-14-25-21-16-19(26)11-12-20(21)22(28-5)23(24(25)27)29-15-13-18(4)10-8-9-17(2)3/h9,11-13,16,26H,6-8,10,14-15H2,1-5H3/b18-13+. The van der Waals surface area contributed by atoms with E-state index in [1.165, 1.54) is 18.3 Å². The fraction of sp³-hybridized carbons (Fsp3) is 0.458. The zero-order valence-electron chi connectivity index (χ0n) is 18.2. The summed E-state index contributed by atoms with van der Waals surface area (Å²) >= 11 is 0. The first-order valence-electron chi connectivity index (χ1n) is 10.2. The van der Waals surface area contributed by atoms with Crippen molar-refractivity contribution in [3.05, 3.63) is 51.9 Å². The number of phenols is 1. The molecule has 1 N–H and O–H groups in total. The zero-order chi connectivity index (χ0) is 21.4. The van der Waals surface area contributed by atoms with E-state index >= 15 is 0 Å². The normalized spacial score (nSPS) is 11.6. The van der Waals surface area contributed by atoms with E-state index in [-0.39, 0.29) is 17.1 Å². The van der Waals surface area contributed by atoms with Crippen molar-refractivity contribution >= 4 is 10.9 Å². The lowest BCUT2D eigenvalue weighted by Gasteiger charge is -2.17. The lowest BCUT2D eigenvalue weighted by atomic mass is 10.1. The van der Waals surface area contributed by atoms with Crippen molar-refractivity contribution < 1.29 is 14.6 Å². The van der Waals surface area contributed by atoms with Crippen molar-refractivity contribution in [1.82, 2.24) is 4.57 Å². The smallest absolute Gasteiger partial charge is 0.297 e. The number of fused-ring (bicyclic) bond motifs is 1. The van der Waals surface area contributed by atoms with Gasteiger partial charge < -0.3 is 19.1 Å². The highest BCUT2D eigenvalue weighted by molar-refractivity contribution is 5.89. The van der Waals surface area contributed by atoms with E-state index in [9.17, 15) is 9.90 Å². The number of rotatable bonds is 10. The Morgan fingerprint density at radius 2 is 1.93 bits per heavy atom. The van der Waals surface area contributed by atoms with Gasteiger partial charge in [0.2, 0.25) is 5.75 Å². The van der Waals surface area contributed by atoms with Crippen molar-refractivity contribution in [2.24, 2.45) is 0 Å². The van der Waals surface area contributed by atoms with Gasteiger partial charge in [0.1, 0.15) is 12.4 Å². The van der Waals surface area contributed by atoms with Gasteiger partial charge in [0.25, 0.3) is 5.56 Å². The number of allylic oxidation sites excluding steroid dienone is 3. The van der Waals surface area contributed by atoms with Gasteiger partial charge in [-0.25, -0.2) is 0 Å². The molecule has 5 heteroatoms. The van der Waals surface area contributed by atoms with Crippen molar-refractivity contribution in [3.63, 3.8) is 0 Å². The van der Waals surface area contributed by atoms with Crippen LogP contribution in [0, 0.1) is 0 Å². The summed E-state index contributed by atoms with van der Waals surface area (Å²) in [6.07, 6.45) is 8.00. The lowest BCUT2D eigenvalue weighted by molar-refractivity contribution is 0.320. The summed E-state index contributed by atoms with van der Waals surface area (Å²) < 4.78 is 13.1. The molecule has 0 radical (unpaired) electrons. The Bertz CT molecular complexity index is 949. The number of aromatic hydroxyl groups is 1. The van der Waals surface area contributed by atoms with Crippen molar-refractivity contribution in [1.29, 1.82) is 0 Å². The molecule has 0 aliphatic rings. The first-order chi connectivity index (χ1) is 13.9. The maximum Gasteiger partial charge on any atom is 0.297 e. The molecule has 0 atom stereocenters. The highest BCUT2D eigenvalue weighted by Crippen LogP contribution is 2.34. The molecule has 0 amide bonds. The summed E-state index contributed by atoms with van der Waals surface area (Å²) in [6, 6.07) is 4.96. The van der Waals surface area contributed by atoms with Crippen molar-refractivity contribution in [3.8, 4) is 17.2 Å². The number of unbranched alkanes of at least 4 members (excludes halogenated alkanes) is 1. The number of hydrogen-bond donors (Lipinski definition) is 1. The molecule has 0 fully saturated rings. The second-order valence-electron chi connectivity index (χ2n) is 7.56. The first-order valence-corrected chi connectivity index (χ1v) is 10.2. The van der Waals surface area contributed by atoms with Crippen LogP contribution in [0.15, 0.2) is 46.3 Å². The lowest BCUT2D eigenvalue weighted by Crippen LogP contribution is -2.23. The summed E-state index contributed by atoms with van der Waals surface area (Å²) in [4.78, 5) is 13.2. The quantitative estimate of drug-likeness (QED) is 0.529. The molecule has 1 heterocycles. The number of aromatic nitrogens is 1. The predicted octanol–water partition coefficient (Wildman–Crippen LogP) is 5.59. The summed E-state index contributed by atoms with van der Waals surface area (Å²) in [5, 5.41) is 10.7. The van der Waals surface area contributed by atoms with E-state index < -0.39 is 0 Å². The molecule has 2 aromatic rings. The Morgan fingerprint density at radius 1 is 1.17 bits per heavy atom. The average molecular weight is 400 g/mol. The molecule has 5 nitrogen and oxygen atoms in total. The molecule has 0 aliphatic carbocycles. The maximum atomic E-state index is 13.2. The summed E-state index contributed by atoms with van der Waals surface area (Å²) in [7, 11) is 1.53. The Hall–Kier alpha value is -2.69. The molecule has 1 aromatic heterocycles. The molecule has 29 heavy (non-hydrogen) atoms. The topological polar surface area (TPSA) is 60.7 Å². The number of aryl methyl sites for hydroxylation is 1. The third-order valence-corrected chi connectivity index (χ3v) is 4.85. The molecular weight excluding hydrogens is 366 g/mol. The Morgan fingerprint density at radius 3 is 2.59 bits per heavy atom. The number of phenolic OH excluding ortho intramolecular Hbond substituents is 1. The number of methoxy groups -OCH3 is 1. The van der Waals surface area contributed by atoms with Gasteiger partial charge in [-0.3, -0.25) is 4.79 Å². The van der Waals surface area contributed by atoms with Crippen LogP contribution in [-0.2, 0) is 6.54 Å². The molecule has 1 aromatic carbocycles. The van der Waals surface area contributed by atoms with Gasteiger partial charge in [0.15, 0.2) is 5.75 Å². The molecule has 0 bridgehead atoms. The van der Waals surface area contributed by atoms with E-state index in [4.69, 9.17) is 9.47 Å². The van der Waals surface area contributed by atoms with Gasteiger partial charge in [-0.15, -0.1) is 0 Å². The van der Waals surface area contributed by atoms with E-state index in [1.807, 2.05) is 6.08 Å². The molecule has 0 aliphatic heterocycles. The zero-order valence-corrected chi connectivity index (χ0v) is 18.2. The minimum absolute atomic E-state index is 0.118. The summed E-state index contributed by atoms with van der Waals surface area (Å²) in [6.45, 7) is 9.21. The summed E-state index contributed by atoms with van der Waals surface area (Å²) in [5.74, 6) is 0.747. The molecule has 0 unspecified atom stereocenters. The molecule has 0 spiro atoms. The molecule has 158 valence electrons. The third-order valence-electron chi connectivity index (χ3n) is 4.85. The summed E-state index contributed by atoms with van der Waals surface area (Å²) in [5.41, 5.74) is 2.96. The van der Waals surface area contributed by atoms with Gasteiger partial charge in [-0.1, -0.05) is 30.6 Å². The fourth-order valence-corrected chi connectivity index (χ4v) is 3.21. The van der Waals surface area contributed by atoms with Gasteiger partial charge in [0.05, 0.1) is 12.6 Å². The minimum atomic E-state index is -0.232. The maximum absolute atomic E-state index is 13.2. The Balaban J connectivity index is 2.37. The van der Waals surface area contributed by atoms with Crippen LogP contribution >= 0.6 is 0 Å². The van der Waals surface area contributed by atoms with Crippen LogP contribution in [0.3, 0.4) is 0 Å². The van der Waals surface area contributed by atoms with E-state index in [0.29, 0.717) is 24.4 Å².